The number of aromatic amines is 1. The van der Waals surface area contributed by atoms with Gasteiger partial charge in [0, 0.05) is 11.1 Å². The fraction of sp³-hybridized carbons (Fsp3) is 0. The SMILES string of the molecule is S=c1[nH]c(-c2cccc3ccccc23)c(-c2cccc3ccccc23)o1. The van der Waals surface area contributed by atoms with Crippen LogP contribution in [0.15, 0.2) is 89.3 Å². The highest BCUT2D eigenvalue weighted by Gasteiger charge is 2.17. The first-order valence-corrected chi connectivity index (χ1v) is 8.91. The van der Waals surface area contributed by atoms with E-state index in [9.17, 15) is 0 Å². The zero-order valence-corrected chi connectivity index (χ0v) is 14.7. The maximum Gasteiger partial charge on any atom is 0.266 e. The van der Waals surface area contributed by atoms with Crippen LogP contribution in [-0.4, -0.2) is 4.98 Å². The highest BCUT2D eigenvalue weighted by atomic mass is 32.1. The van der Waals surface area contributed by atoms with E-state index >= 15 is 0 Å². The summed E-state index contributed by atoms with van der Waals surface area (Å²) < 4.78 is 5.97. The molecule has 0 saturated heterocycles. The van der Waals surface area contributed by atoms with Crippen molar-refractivity contribution in [2.45, 2.75) is 0 Å². The van der Waals surface area contributed by atoms with Crippen LogP contribution in [0.25, 0.3) is 44.1 Å². The first-order valence-electron chi connectivity index (χ1n) is 8.51. The Labute approximate surface area is 155 Å². The minimum atomic E-state index is 0.385. The van der Waals surface area contributed by atoms with E-state index in [0.717, 1.165) is 28.0 Å². The third kappa shape index (κ3) is 2.37. The second-order valence-electron chi connectivity index (χ2n) is 6.27. The number of H-pyrrole nitrogens is 1. The molecule has 1 N–H and O–H groups in total. The minimum Gasteiger partial charge on any atom is -0.429 e. The molecule has 0 fully saturated rings. The number of nitrogens with one attached hydrogen (secondary N) is 1. The van der Waals surface area contributed by atoms with Crippen molar-refractivity contribution in [3.05, 3.63) is 89.8 Å². The van der Waals surface area contributed by atoms with Crippen molar-refractivity contribution in [3.63, 3.8) is 0 Å². The predicted octanol–water partition coefficient (Wildman–Crippen LogP) is 6.98. The van der Waals surface area contributed by atoms with Gasteiger partial charge in [0.25, 0.3) is 4.84 Å². The average Bonchev–Trinajstić information content (AvgIpc) is 3.08. The summed E-state index contributed by atoms with van der Waals surface area (Å²) in [7, 11) is 0. The van der Waals surface area contributed by atoms with Crippen LogP contribution in [0.2, 0.25) is 0 Å². The van der Waals surface area contributed by atoms with Crippen LogP contribution in [0.3, 0.4) is 0 Å². The van der Waals surface area contributed by atoms with Crippen molar-refractivity contribution in [1.29, 1.82) is 0 Å². The van der Waals surface area contributed by atoms with Crippen molar-refractivity contribution in [3.8, 4) is 22.6 Å². The Hall–Kier alpha value is -3.17. The Kier molecular flexibility index (Phi) is 3.47. The van der Waals surface area contributed by atoms with Crippen LogP contribution in [0.5, 0.6) is 0 Å². The molecule has 0 unspecified atom stereocenters. The molecule has 0 aliphatic carbocycles. The summed E-state index contributed by atoms with van der Waals surface area (Å²) in [4.78, 5) is 3.65. The minimum absolute atomic E-state index is 0.385. The fourth-order valence-corrected chi connectivity index (χ4v) is 3.76. The second kappa shape index (κ2) is 5.97. The van der Waals surface area contributed by atoms with Gasteiger partial charge in [-0.25, -0.2) is 0 Å². The molecule has 3 heteroatoms. The molecule has 1 heterocycles. The molecular formula is C23H15NOS. The van der Waals surface area contributed by atoms with Crippen LogP contribution in [0.4, 0.5) is 0 Å². The van der Waals surface area contributed by atoms with Gasteiger partial charge < -0.3 is 9.40 Å². The molecular weight excluding hydrogens is 338 g/mol. The Morgan fingerprint density at radius 3 is 1.85 bits per heavy atom. The van der Waals surface area contributed by atoms with Crippen molar-refractivity contribution >= 4 is 33.8 Å². The topological polar surface area (TPSA) is 28.9 Å². The zero-order valence-electron chi connectivity index (χ0n) is 13.9. The number of fused-ring (bicyclic) bond motifs is 2. The van der Waals surface area contributed by atoms with E-state index in [-0.39, 0.29) is 0 Å². The molecule has 124 valence electrons. The normalized spacial score (nSPS) is 11.2. The van der Waals surface area contributed by atoms with Gasteiger partial charge in [0.2, 0.25) is 0 Å². The summed E-state index contributed by atoms with van der Waals surface area (Å²) in [6.07, 6.45) is 0. The molecule has 0 radical (unpaired) electrons. The summed E-state index contributed by atoms with van der Waals surface area (Å²) in [6.45, 7) is 0. The molecule has 0 amide bonds. The lowest BCUT2D eigenvalue weighted by atomic mass is 9.97. The molecule has 0 atom stereocenters. The highest BCUT2D eigenvalue weighted by molar-refractivity contribution is 7.71. The van der Waals surface area contributed by atoms with Crippen molar-refractivity contribution in [2.75, 3.05) is 0 Å². The lowest BCUT2D eigenvalue weighted by Crippen LogP contribution is -1.86. The Morgan fingerprint density at radius 2 is 1.15 bits per heavy atom. The molecule has 0 aliphatic heterocycles. The summed E-state index contributed by atoms with van der Waals surface area (Å²) >= 11 is 5.34. The molecule has 26 heavy (non-hydrogen) atoms. The average molecular weight is 353 g/mol. The summed E-state index contributed by atoms with van der Waals surface area (Å²) in [5.74, 6) is 0.781. The van der Waals surface area contributed by atoms with Crippen LogP contribution in [-0.2, 0) is 0 Å². The van der Waals surface area contributed by atoms with E-state index in [2.05, 4.69) is 77.8 Å². The maximum atomic E-state index is 5.97. The Morgan fingerprint density at radius 1 is 0.615 bits per heavy atom. The van der Waals surface area contributed by atoms with E-state index < -0.39 is 0 Å². The maximum absolute atomic E-state index is 5.97. The van der Waals surface area contributed by atoms with Gasteiger partial charge in [0.05, 0.1) is 5.69 Å². The third-order valence-electron chi connectivity index (χ3n) is 4.74. The van der Waals surface area contributed by atoms with E-state index in [0.29, 0.717) is 4.84 Å². The third-order valence-corrected chi connectivity index (χ3v) is 4.93. The van der Waals surface area contributed by atoms with Gasteiger partial charge in [-0.1, -0.05) is 84.9 Å². The predicted molar refractivity (Wildman–Crippen MR) is 110 cm³/mol. The van der Waals surface area contributed by atoms with E-state index in [1.165, 1.54) is 16.2 Å². The second-order valence-corrected chi connectivity index (χ2v) is 6.64. The lowest BCUT2D eigenvalue weighted by molar-refractivity contribution is 0.555. The molecule has 2 nitrogen and oxygen atoms in total. The molecule has 0 saturated carbocycles. The molecule has 0 spiro atoms. The van der Waals surface area contributed by atoms with Gasteiger partial charge in [-0.2, -0.15) is 0 Å². The first kappa shape index (κ1) is 15.1. The van der Waals surface area contributed by atoms with Gasteiger partial charge in [-0.3, -0.25) is 0 Å². The first-order chi connectivity index (χ1) is 12.8. The van der Waals surface area contributed by atoms with E-state index in [1.807, 2.05) is 12.1 Å². The van der Waals surface area contributed by atoms with Crippen LogP contribution in [0.1, 0.15) is 0 Å². The number of hydrogen-bond acceptors (Lipinski definition) is 2. The largest absolute Gasteiger partial charge is 0.429 e. The number of benzene rings is 4. The van der Waals surface area contributed by atoms with E-state index in [4.69, 9.17) is 16.6 Å². The molecule has 5 aromatic rings. The van der Waals surface area contributed by atoms with Crippen molar-refractivity contribution < 1.29 is 4.42 Å². The van der Waals surface area contributed by atoms with Gasteiger partial charge in [0.1, 0.15) is 0 Å². The fourth-order valence-electron chi connectivity index (χ4n) is 3.57. The molecule has 1 aromatic heterocycles. The standard InChI is InChI=1S/C23H15NOS/c26-23-24-21(19-13-5-9-15-7-1-3-11-17(15)19)22(25-23)20-14-6-10-16-8-2-4-12-18(16)20/h1-14H,(H,24,26). The van der Waals surface area contributed by atoms with Gasteiger partial charge in [-0.05, 0) is 33.8 Å². The zero-order chi connectivity index (χ0) is 17.5. The molecule has 0 aliphatic rings. The van der Waals surface area contributed by atoms with Crippen LogP contribution in [0, 0.1) is 4.84 Å². The number of hydrogen-bond donors (Lipinski definition) is 1. The monoisotopic (exact) mass is 353 g/mol. The lowest BCUT2D eigenvalue weighted by Gasteiger charge is -2.08. The van der Waals surface area contributed by atoms with Gasteiger partial charge in [-0.15, -0.1) is 0 Å². The summed E-state index contributed by atoms with van der Waals surface area (Å²) in [6, 6.07) is 29.2. The molecule has 4 aromatic carbocycles. The Balaban J connectivity index is 1.85. The summed E-state index contributed by atoms with van der Waals surface area (Å²) in [5, 5.41) is 4.68. The smallest absolute Gasteiger partial charge is 0.266 e. The van der Waals surface area contributed by atoms with Gasteiger partial charge >= 0.3 is 0 Å². The number of oxazole rings is 1. The van der Waals surface area contributed by atoms with E-state index in [1.54, 1.807) is 0 Å². The molecule has 0 bridgehead atoms. The number of rotatable bonds is 2. The van der Waals surface area contributed by atoms with Crippen LogP contribution >= 0.6 is 12.2 Å². The Bertz CT molecular complexity index is 1200. The quantitative estimate of drug-likeness (QED) is 0.347. The van der Waals surface area contributed by atoms with Crippen molar-refractivity contribution in [1.82, 2.24) is 4.98 Å². The summed E-state index contributed by atoms with van der Waals surface area (Å²) in [5.41, 5.74) is 3.05. The van der Waals surface area contributed by atoms with Crippen molar-refractivity contribution in [2.24, 2.45) is 0 Å². The molecule has 5 rings (SSSR count). The van der Waals surface area contributed by atoms with Gasteiger partial charge in [0.15, 0.2) is 5.76 Å². The highest BCUT2D eigenvalue weighted by Crippen LogP contribution is 2.38. The van der Waals surface area contributed by atoms with Crippen LogP contribution < -0.4 is 0 Å². The number of aromatic nitrogens is 1.